The molecule has 5 heteroatoms. The first-order chi connectivity index (χ1) is 10.7. The summed E-state index contributed by atoms with van der Waals surface area (Å²) in [5.41, 5.74) is 2.81. The van der Waals surface area contributed by atoms with Crippen molar-refractivity contribution in [3.63, 3.8) is 0 Å². The van der Waals surface area contributed by atoms with Crippen molar-refractivity contribution in [1.29, 1.82) is 5.26 Å². The molecule has 0 aliphatic heterocycles. The smallest absolute Gasteiger partial charge is 0.268 e. The molecule has 0 unspecified atom stereocenters. The maximum atomic E-state index is 12.0. The Kier molecular flexibility index (Phi) is 3.58. The van der Waals surface area contributed by atoms with Gasteiger partial charge in [-0.25, -0.2) is 0 Å². The Hall–Kier alpha value is -3.13. The minimum Gasteiger partial charge on any atom is -0.354 e. The van der Waals surface area contributed by atoms with E-state index in [1.54, 1.807) is 18.5 Å². The van der Waals surface area contributed by atoms with Crippen molar-refractivity contribution in [2.45, 2.75) is 13.3 Å². The molecule has 2 heterocycles. The molecule has 0 saturated heterocycles. The van der Waals surface area contributed by atoms with Gasteiger partial charge in [0.25, 0.3) is 5.56 Å². The van der Waals surface area contributed by atoms with Crippen LogP contribution in [-0.2, 0) is 6.42 Å². The summed E-state index contributed by atoms with van der Waals surface area (Å²) in [5, 5.41) is 13.2. The van der Waals surface area contributed by atoms with Gasteiger partial charge in [-0.05, 0) is 30.2 Å². The highest BCUT2D eigenvalue weighted by molar-refractivity contribution is 5.95. The van der Waals surface area contributed by atoms with E-state index in [0.29, 0.717) is 11.2 Å². The highest BCUT2D eigenvalue weighted by Gasteiger charge is 2.12. The number of aromatic amines is 1. The van der Waals surface area contributed by atoms with E-state index < -0.39 is 5.56 Å². The third kappa shape index (κ3) is 2.42. The zero-order valence-corrected chi connectivity index (χ0v) is 12.1. The number of nitriles is 1. The fourth-order valence-electron chi connectivity index (χ4n) is 2.35. The van der Waals surface area contributed by atoms with Crippen LogP contribution < -0.4 is 10.9 Å². The minimum atomic E-state index is -0.421. The number of fused-ring (bicyclic) bond motifs is 1. The molecule has 2 N–H and O–H groups in total. The van der Waals surface area contributed by atoms with Gasteiger partial charge in [-0.1, -0.05) is 19.1 Å². The molecular formula is C17H14N4O. The molecule has 0 bridgehead atoms. The molecule has 0 amide bonds. The molecule has 0 saturated carbocycles. The fourth-order valence-corrected chi connectivity index (χ4v) is 2.35. The molecule has 0 fully saturated rings. The van der Waals surface area contributed by atoms with Gasteiger partial charge < -0.3 is 10.3 Å². The Morgan fingerprint density at radius 2 is 2.05 bits per heavy atom. The molecule has 3 rings (SSSR count). The number of aryl methyl sites for hydroxylation is 1. The Labute approximate surface area is 127 Å². The second-order valence-corrected chi connectivity index (χ2v) is 4.91. The quantitative estimate of drug-likeness (QED) is 0.776. The van der Waals surface area contributed by atoms with Crippen molar-refractivity contribution in [1.82, 2.24) is 9.97 Å². The highest BCUT2D eigenvalue weighted by Crippen LogP contribution is 2.26. The maximum absolute atomic E-state index is 12.0. The number of rotatable bonds is 3. The third-order valence-corrected chi connectivity index (χ3v) is 3.56. The van der Waals surface area contributed by atoms with Crippen molar-refractivity contribution < 1.29 is 0 Å². The van der Waals surface area contributed by atoms with Gasteiger partial charge in [-0.15, -0.1) is 0 Å². The number of hydrogen-bond acceptors (Lipinski definition) is 4. The lowest BCUT2D eigenvalue weighted by Gasteiger charge is -2.11. The predicted molar refractivity (Wildman–Crippen MR) is 86.2 cm³/mol. The molecular weight excluding hydrogens is 276 g/mol. The number of aromatic nitrogens is 2. The monoisotopic (exact) mass is 290 g/mol. The lowest BCUT2D eigenvalue weighted by Crippen LogP contribution is -2.13. The standard InChI is InChI=1S/C17H14N4O/c1-2-11-3-5-12(6-4-11)20-16-13-7-8-19-10-15(13)21-17(22)14(16)9-18/h3-8,10H,2H2,1H3,(H2,20,21,22). The summed E-state index contributed by atoms with van der Waals surface area (Å²) in [6.45, 7) is 2.09. The normalized spacial score (nSPS) is 10.4. The Balaban J connectivity index is 2.16. The minimum absolute atomic E-state index is 0.0678. The Morgan fingerprint density at radius 1 is 1.27 bits per heavy atom. The fraction of sp³-hybridized carbons (Fsp3) is 0.118. The second kappa shape index (κ2) is 5.70. The first-order valence-corrected chi connectivity index (χ1v) is 6.99. The maximum Gasteiger partial charge on any atom is 0.268 e. The van der Waals surface area contributed by atoms with Gasteiger partial charge >= 0.3 is 0 Å². The molecule has 0 aliphatic rings. The van der Waals surface area contributed by atoms with Gasteiger partial charge in [0, 0.05) is 17.3 Å². The molecule has 22 heavy (non-hydrogen) atoms. The number of hydrogen-bond donors (Lipinski definition) is 2. The van der Waals surface area contributed by atoms with Gasteiger partial charge in [0.15, 0.2) is 0 Å². The summed E-state index contributed by atoms with van der Waals surface area (Å²) in [4.78, 5) is 18.7. The average molecular weight is 290 g/mol. The summed E-state index contributed by atoms with van der Waals surface area (Å²) in [5.74, 6) is 0. The van der Waals surface area contributed by atoms with Gasteiger partial charge in [0.2, 0.25) is 0 Å². The van der Waals surface area contributed by atoms with Gasteiger partial charge in [0.05, 0.1) is 17.4 Å². The number of benzene rings is 1. The largest absolute Gasteiger partial charge is 0.354 e. The predicted octanol–water partition coefficient (Wildman–Crippen LogP) is 3.10. The zero-order chi connectivity index (χ0) is 15.5. The molecule has 3 aromatic rings. The summed E-state index contributed by atoms with van der Waals surface area (Å²) >= 11 is 0. The van der Waals surface area contributed by atoms with E-state index in [0.717, 1.165) is 17.5 Å². The van der Waals surface area contributed by atoms with Crippen LogP contribution in [0.1, 0.15) is 18.1 Å². The van der Waals surface area contributed by atoms with E-state index in [1.165, 1.54) is 5.56 Å². The van der Waals surface area contributed by atoms with Crippen LogP contribution in [0.4, 0.5) is 11.4 Å². The molecule has 0 spiro atoms. The van der Waals surface area contributed by atoms with Gasteiger partial charge in [-0.2, -0.15) is 5.26 Å². The zero-order valence-electron chi connectivity index (χ0n) is 12.1. The lowest BCUT2D eigenvalue weighted by atomic mass is 10.1. The topological polar surface area (TPSA) is 81.6 Å². The summed E-state index contributed by atoms with van der Waals surface area (Å²) in [6, 6.07) is 11.7. The van der Waals surface area contributed by atoms with E-state index >= 15 is 0 Å². The molecule has 108 valence electrons. The van der Waals surface area contributed by atoms with Crippen LogP contribution in [0, 0.1) is 11.3 Å². The second-order valence-electron chi connectivity index (χ2n) is 4.91. The summed E-state index contributed by atoms with van der Waals surface area (Å²) in [7, 11) is 0. The van der Waals surface area contributed by atoms with E-state index in [4.69, 9.17) is 0 Å². The number of nitrogens with zero attached hydrogens (tertiary/aromatic N) is 2. The average Bonchev–Trinajstić information content (AvgIpc) is 2.55. The number of H-pyrrole nitrogens is 1. The van der Waals surface area contributed by atoms with E-state index in [-0.39, 0.29) is 5.56 Å². The van der Waals surface area contributed by atoms with Crippen LogP contribution >= 0.6 is 0 Å². The highest BCUT2D eigenvalue weighted by atomic mass is 16.1. The van der Waals surface area contributed by atoms with Crippen LogP contribution in [0.25, 0.3) is 10.9 Å². The Morgan fingerprint density at radius 3 is 2.73 bits per heavy atom. The molecule has 5 nitrogen and oxygen atoms in total. The van der Waals surface area contributed by atoms with Crippen LogP contribution in [0.3, 0.4) is 0 Å². The number of pyridine rings is 2. The molecule has 0 aliphatic carbocycles. The van der Waals surface area contributed by atoms with E-state index in [2.05, 4.69) is 22.2 Å². The number of nitrogens with one attached hydrogen (secondary N) is 2. The van der Waals surface area contributed by atoms with Crippen LogP contribution in [0.15, 0.2) is 47.5 Å². The molecule has 0 atom stereocenters. The van der Waals surface area contributed by atoms with Crippen molar-refractivity contribution in [3.8, 4) is 6.07 Å². The molecule has 0 radical (unpaired) electrons. The molecule has 2 aromatic heterocycles. The third-order valence-electron chi connectivity index (χ3n) is 3.56. The number of anilines is 2. The van der Waals surface area contributed by atoms with Crippen LogP contribution in [0.5, 0.6) is 0 Å². The van der Waals surface area contributed by atoms with Crippen LogP contribution in [-0.4, -0.2) is 9.97 Å². The van der Waals surface area contributed by atoms with Crippen molar-refractivity contribution in [3.05, 3.63) is 64.2 Å². The first kappa shape index (κ1) is 13.8. The Bertz CT molecular complexity index is 920. The van der Waals surface area contributed by atoms with E-state index in [9.17, 15) is 10.1 Å². The van der Waals surface area contributed by atoms with Crippen molar-refractivity contribution in [2.24, 2.45) is 0 Å². The summed E-state index contributed by atoms with van der Waals surface area (Å²) < 4.78 is 0. The van der Waals surface area contributed by atoms with Crippen molar-refractivity contribution in [2.75, 3.05) is 5.32 Å². The van der Waals surface area contributed by atoms with Crippen LogP contribution in [0.2, 0.25) is 0 Å². The lowest BCUT2D eigenvalue weighted by molar-refractivity contribution is 1.14. The first-order valence-electron chi connectivity index (χ1n) is 6.99. The van der Waals surface area contributed by atoms with E-state index in [1.807, 2.05) is 30.3 Å². The molecule has 1 aromatic carbocycles. The van der Waals surface area contributed by atoms with Crippen molar-refractivity contribution >= 4 is 22.3 Å². The summed E-state index contributed by atoms with van der Waals surface area (Å²) in [6.07, 6.45) is 4.17. The SMILES string of the molecule is CCc1ccc(Nc2c(C#N)c(=O)[nH]c3cnccc23)cc1. The van der Waals surface area contributed by atoms with Gasteiger partial charge in [-0.3, -0.25) is 9.78 Å². The van der Waals surface area contributed by atoms with Gasteiger partial charge in [0.1, 0.15) is 11.6 Å².